The van der Waals surface area contributed by atoms with Gasteiger partial charge in [0.05, 0.1) is 0 Å². The van der Waals surface area contributed by atoms with Gasteiger partial charge in [-0.25, -0.2) is 0 Å². The molecular weight excluding hydrogens is 368 g/mol. The number of nitrogens with one attached hydrogen (secondary N) is 1. The van der Waals surface area contributed by atoms with E-state index in [4.69, 9.17) is 10.5 Å². The number of carbonyl (C=O) groups is 1. The van der Waals surface area contributed by atoms with E-state index in [-0.39, 0.29) is 29.6 Å². The fourth-order valence-electron chi connectivity index (χ4n) is 2.69. The predicted octanol–water partition coefficient (Wildman–Crippen LogP) is 2.63. The maximum atomic E-state index is 12.0. The van der Waals surface area contributed by atoms with Crippen molar-refractivity contribution >= 4 is 34.2 Å². The SMILES string of the molecule is CC(CN)C(=O)NCC1(c2cccc(Br)c2)CCOCC1.Cl. The number of nitrogens with two attached hydrogens (primary N) is 1. The minimum Gasteiger partial charge on any atom is -0.381 e. The van der Waals surface area contributed by atoms with Gasteiger partial charge in [0.25, 0.3) is 0 Å². The van der Waals surface area contributed by atoms with Crippen LogP contribution in [0.5, 0.6) is 0 Å². The smallest absolute Gasteiger partial charge is 0.224 e. The zero-order valence-corrected chi connectivity index (χ0v) is 15.2. The van der Waals surface area contributed by atoms with E-state index in [1.807, 2.05) is 19.1 Å². The zero-order chi connectivity index (χ0) is 15.3. The Labute approximate surface area is 146 Å². The van der Waals surface area contributed by atoms with Crippen molar-refractivity contribution in [2.24, 2.45) is 11.7 Å². The van der Waals surface area contributed by atoms with Crippen molar-refractivity contribution in [3.8, 4) is 0 Å². The second-order valence-corrected chi connectivity index (χ2v) is 6.67. The molecule has 1 aliphatic heterocycles. The van der Waals surface area contributed by atoms with Gasteiger partial charge in [-0.1, -0.05) is 35.0 Å². The summed E-state index contributed by atoms with van der Waals surface area (Å²) in [5, 5.41) is 3.07. The lowest BCUT2D eigenvalue weighted by Crippen LogP contribution is -2.46. The van der Waals surface area contributed by atoms with E-state index >= 15 is 0 Å². The van der Waals surface area contributed by atoms with Gasteiger partial charge < -0.3 is 15.8 Å². The minimum absolute atomic E-state index is 0. The van der Waals surface area contributed by atoms with E-state index in [2.05, 4.69) is 33.4 Å². The predicted molar refractivity (Wildman–Crippen MR) is 94.3 cm³/mol. The summed E-state index contributed by atoms with van der Waals surface area (Å²) in [6, 6.07) is 8.34. The molecule has 1 aromatic rings. The molecule has 2 rings (SSSR count). The van der Waals surface area contributed by atoms with Crippen LogP contribution in [0.3, 0.4) is 0 Å². The molecule has 1 saturated heterocycles. The number of rotatable bonds is 5. The zero-order valence-electron chi connectivity index (χ0n) is 12.8. The van der Waals surface area contributed by atoms with E-state index in [1.54, 1.807) is 0 Å². The van der Waals surface area contributed by atoms with Crippen molar-refractivity contribution in [2.75, 3.05) is 26.3 Å². The first kappa shape index (κ1) is 19.4. The highest BCUT2D eigenvalue weighted by Gasteiger charge is 2.35. The van der Waals surface area contributed by atoms with Gasteiger partial charge in [0.15, 0.2) is 0 Å². The van der Waals surface area contributed by atoms with Crippen LogP contribution >= 0.6 is 28.3 Å². The van der Waals surface area contributed by atoms with Gasteiger partial charge in [-0.05, 0) is 30.5 Å². The Morgan fingerprint density at radius 3 is 2.73 bits per heavy atom. The highest BCUT2D eigenvalue weighted by atomic mass is 79.9. The number of hydrogen-bond donors (Lipinski definition) is 2. The molecule has 0 spiro atoms. The van der Waals surface area contributed by atoms with Gasteiger partial charge in [-0.3, -0.25) is 4.79 Å². The maximum absolute atomic E-state index is 12.0. The Kier molecular flexibility index (Phi) is 7.83. The van der Waals surface area contributed by atoms with Gasteiger partial charge in [-0.15, -0.1) is 12.4 Å². The van der Waals surface area contributed by atoms with Gasteiger partial charge >= 0.3 is 0 Å². The molecule has 0 saturated carbocycles. The monoisotopic (exact) mass is 390 g/mol. The first-order valence-corrected chi connectivity index (χ1v) is 8.18. The van der Waals surface area contributed by atoms with Gasteiger partial charge in [0, 0.05) is 42.1 Å². The van der Waals surface area contributed by atoms with Crippen LogP contribution < -0.4 is 11.1 Å². The molecule has 4 nitrogen and oxygen atoms in total. The average molecular weight is 392 g/mol. The first-order valence-electron chi connectivity index (χ1n) is 7.39. The Balaban J connectivity index is 0.00000242. The van der Waals surface area contributed by atoms with Crippen molar-refractivity contribution in [1.82, 2.24) is 5.32 Å². The summed E-state index contributed by atoms with van der Waals surface area (Å²) < 4.78 is 6.57. The summed E-state index contributed by atoms with van der Waals surface area (Å²) in [6.45, 7) is 4.32. The Hall–Kier alpha value is -0.620. The van der Waals surface area contributed by atoms with Gasteiger partial charge in [0.1, 0.15) is 0 Å². The lowest BCUT2D eigenvalue weighted by molar-refractivity contribution is -0.124. The van der Waals surface area contributed by atoms with Crippen LogP contribution in [0.25, 0.3) is 0 Å². The van der Waals surface area contributed by atoms with Crippen LogP contribution in [0.2, 0.25) is 0 Å². The lowest BCUT2D eigenvalue weighted by Gasteiger charge is -2.38. The van der Waals surface area contributed by atoms with Crippen molar-refractivity contribution in [3.63, 3.8) is 0 Å². The van der Waals surface area contributed by atoms with Crippen LogP contribution in [0.1, 0.15) is 25.3 Å². The van der Waals surface area contributed by atoms with Crippen LogP contribution in [-0.4, -0.2) is 32.2 Å². The van der Waals surface area contributed by atoms with Crippen molar-refractivity contribution in [2.45, 2.75) is 25.2 Å². The van der Waals surface area contributed by atoms with E-state index in [1.165, 1.54) is 5.56 Å². The van der Waals surface area contributed by atoms with Crippen molar-refractivity contribution < 1.29 is 9.53 Å². The molecule has 1 aliphatic rings. The van der Waals surface area contributed by atoms with E-state index < -0.39 is 0 Å². The number of hydrogen-bond acceptors (Lipinski definition) is 3. The van der Waals surface area contributed by atoms with Crippen LogP contribution in [-0.2, 0) is 14.9 Å². The Bertz CT molecular complexity index is 493. The molecular formula is C16H24BrClN2O2. The molecule has 22 heavy (non-hydrogen) atoms. The normalized spacial score (nSPS) is 18.1. The highest BCUT2D eigenvalue weighted by molar-refractivity contribution is 9.10. The molecule has 6 heteroatoms. The van der Waals surface area contributed by atoms with Gasteiger partial charge in [0.2, 0.25) is 5.91 Å². The van der Waals surface area contributed by atoms with E-state index in [9.17, 15) is 4.79 Å². The Morgan fingerprint density at radius 1 is 1.45 bits per heavy atom. The van der Waals surface area contributed by atoms with Crippen molar-refractivity contribution in [3.05, 3.63) is 34.3 Å². The third-order valence-electron chi connectivity index (χ3n) is 4.29. The summed E-state index contributed by atoms with van der Waals surface area (Å²) in [5.74, 6) is -0.122. The number of ether oxygens (including phenoxy) is 1. The quantitative estimate of drug-likeness (QED) is 0.811. The fraction of sp³-hybridized carbons (Fsp3) is 0.562. The molecule has 1 amide bonds. The molecule has 3 N–H and O–H groups in total. The number of carbonyl (C=O) groups excluding carboxylic acids is 1. The summed E-state index contributed by atoms with van der Waals surface area (Å²) in [6.07, 6.45) is 1.83. The van der Waals surface area contributed by atoms with Gasteiger partial charge in [-0.2, -0.15) is 0 Å². The number of halogens is 2. The summed E-state index contributed by atoms with van der Waals surface area (Å²) in [7, 11) is 0. The fourth-order valence-corrected chi connectivity index (χ4v) is 3.08. The molecule has 1 fully saturated rings. The third kappa shape index (κ3) is 4.69. The summed E-state index contributed by atoms with van der Waals surface area (Å²) in [4.78, 5) is 12.0. The minimum atomic E-state index is -0.149. The van der Waals surface area contributed by atoms with Crippen molar-refractivity contribution in [1.29, 1.82) is 0 Å². The largest absolute Gasteiger partial charge is 0.381 e. The first-order chi connectivity index (χ1) is 10.1. The summed E-state index contributed by atoms with van der Waals surface area (Å²) in [5.41, 5.74) is 6.76. The number of amides is 1. The highest BCUT2D eigenvalue weighted by Crippen LogP contribution is 2.35. The standard InChI is InChI=1S/C16H23BrN2O2.ClH/c1-12(10-18)15(20)19-11-16(5-7-21-8-6-16)13-3-2-4-14(17)9-13;/h2-4,9,12H,5-8,10-11,18H2,1H3,(H,19,20);1H. The molecule has 124 valence electrons. The Morgan fingerprint density at radius 2 is 2.14 bits per heavy atom. The van der Waals surface area contributed by atoms with Crippen LogP contribution in [0.4, 0.5) is 0 Å². The van der Waals surface area contributed by atoms with E-state index in [0.29, 0.717) is 13.1 Å². The van der Waals surface area contributed by atoms with Crippen LogP contribution in [0.15, 0.2) is 28.7 Å². The molecule has 1 aromatic carbocycles. The molecule has 1 heterocycles. The molecule has 1 atom stereocenters. The number of benzene rings is 1. The average Bonchev–Trinajstić information content (AvgIpc) is 2.52. The second-order valence-electron chi connectivity index (χ2n) is 5.76. The maximum Gasteiger partial charge on any atom is 0.224 e. The molecule has 0 radical (unpaired) electrons. The molecule has 0 aliphatic carbocycles. The molecule has 0 aromatic heterocycles. The second kappa shape index (κ2) is 8.87. The topological polar surface area (TPSA) is 64.4 Å². The summed E-state index contributed by atoms with van der Waals surface area (Å²) >= 11 is 3.53. The molecule has 0 bridgehead atoms. The molecule has 1 unspecified atom stereocenters. The van der Waals surface area contributed by atoms with E-state index in [0.717, 1.165) is 30.5 Å². The third-order valence-corrected chi connectivity index (χ3v) is 4.78. The van der Waals surface area contributed by atoms with Crippen LogP contribution in [0, 0.1) is 5.92 Å². The lowest BCUT2D eigenvalue weighted by atomic mass is 9.74.